The molecular weight excluding hydrogens is 226 g/mol. The molecule has 1 saturated heterocycles. The predicted molar refractivity (Wildman–Crippen MR) is 71.9 cm³/mol. The summed E-state index contributed by atoms with van der Waals surface area (Å²) in [6, 6.07) is 0. The Bertz CT molecular complexity index is 400. The minimum absolute atomic E-state index is 0.976. The molecule has 0 saturated carbocycles. The smallest absolute Gasteiger partial charge is 0.132 e. The maximum atomic E-state index is 4.38. The highest BCUT2D eigenvalue weighted by atomic mass is 15.2. The van der Waals surface area contributed by atoms with Crippen LogP contribution in [0.4, 0.5) is 5.82 Å². The second-order valence-electron chi connectivity index (χ2n) is 5.02. The minimum Gasteiger partial charge on any atom is -0.368 e. The molecule has 0 amide bonds. The van der Waals surface area contributed by atoms with Gasteiger partial charge in [-0.2, -0.15) is 0 Å². The summed E-state index contributed by atoms with van der Waals surface area (Å²) < 4.78 is 0. The Morgan fingerprint density at radius 3 is 3.00 bits per heavy atom. The average molecular weight is 247 g/mol. The highest BCUT2D eigenvalue weighted by Gasteiger charge is 2.17. The lowest BCUT2D eigenvalue weighted by Gasteiger charge is -2.27. The van der Waals surface area contributed by atoms with Crippen LogP contribution in [0.5, 0.6) is 0 Å². The van der Waals surface area contributed by atoms with E-state index in [0.717, 1.165) is 57.9 Å². The van der Waals surface area contributed by atoms with Gasteiger partial charge in [-0.3, -0.25) is 4.90 Å². The zero-order chi connectivity index (χ0) is 12.2. The van der Waals surface area contributed by atoms with Gasteiger partial charge in [-0.1, -0.05) is 0 Å². The van der Waals surface area contributed by atoms with Crippen LogP contribution in [0.1, 0.15) is 17.7 Å². The molecule has 1 fully saturated rings. The highest BCUT2D eigenvalue weighted by molar-refractivity contribution is 5.47. The van der Waals surface area contributed by atoms with Crippen LogP contribution in [-0.4, -0.2) is 54.1 Å². The number of anilines is 1. The predicted octanol–water partition coefficient (Wildman–Crippen LogP) is 0.282. The molecule has 0 bridgehead atoms. The zero-order valence-corrected chi connectivity index (χ0v) is 10.8. The Labute approximate surface area is 108 Å². The minimum atomic E-state index is 0.976. The van der Waals surface area contributed by atoms with E-state index in [1.165, 1.54) is 17.7 Å². The topological polar surface area (TPSA) is 53.1 Å². The molecule has 5 nitrogen and oxygen atoms in total. The molecule has 2 N–H and O–H groups in total. The van der Waals surface area contributed by atoms with Crippen molar-refractivity contribution in [1.29, 1.82) is 0 Å². The van der Waals surface area contributed by atoms with Crippen LogP contribution in [0.25, 0.3) is 0 Å². The molecule has 0 atom stereocenters. The second-order valence-corrected chi connectivity index (χ2v) is 5.02. The van der Waals surface area contributed by atoms with Crippen molar-refractivity contribution >= 4 is 5.82 Å². The van der Waals surface area contributed by atoms with Crippen LogP contribution < -0.4 is 10.6 Å². The number of fused-ring (bicyclic) bond motifs is 1. The first-order valence-electron chi connectivity index (χ1n) is 6.93. The Kier molecular flexibility index (Phi) is 3.71. The molecule has 0 radical (unpaired) electrons. The molecular formula is C13H21N5. The fourth-order valence-corrected chi connectivity index (χ4v) is 2.78. The Hall–Kier alpha value is -1.20. The van der Waals surface area contributed by atoms with Crippen molar-refractivity contribution < 1.29 is 0 Å². The first-order valence-corrected chi connectivity index (χ1v) is 6.93. The van der Waals surface area contributed by atoms with Gasteiger partial charge in [0.1, 0.15) is 12.1 Å². The van der Waals surface area contributed by atoms with Crippen molar-refractivity contribution in [2.24, 2.45) is 0 Å². The fraction of sp³-hybridized carbons (Fsp3) is 0.692. The van der Waals surface area contributed by atoms with Gasteiger partial charge < -0.3 is 10.6 Å². The molecule has 1 aliphatic carbocycles. The molecule has 0 spiro atoms. The molecule has 0 aromatic carbocycles. The van der Waals surface area contributed by atoms with Crippen molar-refractivity contribution in [2.45, 2.75) is 19.3 Å². The quantitative estimate of drug-likeness (QED) is 0.800. The first kappa shape index (κ1) is 11.9. The van der Waals surface area contributed by atoms with Crippen LogP contribution >= 0.6 is 0 Å². The summed E-state index contributed by atoms with van der Waals surface area (Å²) in [5.74, 6) is 1.06. The molecule has 5 heteroatoms. The number of hydrogen-bond donors (Lipinski definition) is 2. The van der Waals surface area contributed by atoms with Gasteiger partial charge >= 0.3 is 0 Å². The van der Waals surface area contributed by atoms with E-state index < -0.39 is 0 Å². The summed E-state index contributed by atoms with van der Waals surface area (Å²) in [7, 11) is 0. The summed E-state index contributed by atoms with van der Waals surface area (Å²) in [6.07, 6.45) is 5.16. The maximum Gasteiger partial charge on any atom is 0.132 e. The highest BCUT2D eigenvalue weighted by Crippen LogP contribution is 2.24. The Morgan fingerprint density at radius 2 is 2.11 bits per heavy atom. The molecule has 1 aliphatic heterocycles. The van der Waals surface area contributed by atoms with Gasteiger partial charge in [0, 0.05) is 50.5 Å². The number of nitrogens with one attached hydrogen (secondary N) is 2. The molecule has 0 unspecified atom stereocenters. The van der Waals surface area contributed by atoms with E-state index in [1.807, 2.05) is 0 Å². The summed E-state index contributed by atoms with van der Waals surface area (Å²) in [5, 5.41) is 6.85. The summed E-state index contributed by atoms with van der Waals surface area (Å²) in [5.41, 5.74) is 2.59. The van der Waals surface area contributed by atoms with Crippen LogP contribution in [0.15, 0.2) is 6.33 Å². The third-order valence-electron chi connectivity index (χ3n) is 3.81. The van der Waals surface area contributed by atoms with E-state index in [1.54, 1.807) is 6.33 Å². The van der Waals surface area contributed by atoms with E-state index in [4.69, 9.17) is 0 Å². The SMILES string of the molecule is c1nc2c(c(NCCN3CCNCC3)n1)CCC2. The standard InChI is InChI=1S/C13H21N5/c1-2-11-12(3-1)16-10-17-13(11)15-6-9-18-7-4-14-5-8-18/h10,14H,1-9H2,(H,15,16,17). The van der Waals surface area contributed by atoms with Gasteiger partial charge in [0.15, 0.2) is 0 Å². The Balaban J connectivity index is 1.52. The average Bonchev–Trinajstić information content (AvgIpc) is 2.89. The monoisotopic (exact) mass is 247 g/mol. The summed E-state index contributed by atoms with van der Waals surface area (Å²) in [4.78, 5) is 11.2. The van der Waals surface area contributed by atoms with Crippen molar-refractivity contribution in [3.63, 3.8) is 0 Å². The van der Waals surface area contributed by atoms with E-state index in [9.17, 15) is 0 Å². The van der Waals surface area contributed by atoms with Crippen LogP contribution in [0.3, 0.4) is 0 Å². The normalized spacial score (nSPS) is 19.8. The van der Waals surface area contributed by atoms with E-state index in [0.29, 0.717) is 0 Å². The zero-order valence-electron chi connectivity index (χ0n) is 10.8. The van der Waals surface area contributed by atoms with Gasteiger partial charge in [0.2, 0.25) is 0 Å². The molecule has 1 aromatic heterocycles. The second kappa shape index (κ2) is 5.63. The molecule has 3 rings (SSSR count). The number of hydrogen-bond acceptors (Lipinski definition) is 5. The van der Waals surface area contributed by atoms with Gasteiger partial charge in [0.05, 0.1) is 0 Å². The maximum absolute atomic E-state index is 4.38. The van der Waals surface area contributed by atoms with E-state index >= 15 is 0 Å². The lowest BCUT2D eigenvalue weighted by atomic mass is 10.2. The van der Waals surface area contributed by atoms with Crippen molar-refractivity contribution in [3.8, 4) is 0 Å². The molecule has 98 valence electrons. The third kappa shape index (κ3) is 2.62. The summed E-state index contributed by atoms with van der Waals surface area (Å²) in [6.45, 7) is 6.61. The van der Waals surface area contributed by atoms with Crippen LogP contribution in [0, 0.1) is 0 Å². The largest absolute Gasteiger partial charge is 0.368 e. The van der Waals surface area contributed by atoms with Crippen molar-refractivity contribution in [2.75, 3.05) is 44.6 Å². The van der Waals surface area contributed by atoms with Gasteiger partial charge in [-0.15, -0.1) is 0 Å². The lowest BCUT2D eigenvalue weighted by Crippen LogP contribution is -2.45. The first-order chi connectivity index (χ1) is 8.93. The van der Waals surface area contributed by atoms with E-state index in [-0.39, 0.29) is 0 Å². The third-order valence-corrected chi connectivity index (χ3v) is 3.81. The van der Waals surface area contributed by atoms with Gasteiger partial charge in [0.25, 0.3) is 0 Å². The molecule has 18 heavy (non-hydrogen) atoms. The number of aryl methyl sites for hydroxylation is 1. The van der Waals surface area contributed by atoms with Gasteiger partial charge in [-0.05, 0) is 19.3 Å². The number of rotatable bonds is 4. The molecule has 2 aliphatic rings. The van der Waals surface area contributed by atoms with Crippen molar-refractivity contribution in [3.05, 3.63) is 17.6 Å². The lowest BCUT2D eigenvalue weighted by molar-refractivity contribution is 0.249. The number of piperazine rings is 1. The van der Waals surface area contributed by atoms with Crippen LogP contribution in [0.2, 0.25) is 0 Å². The number of aromatic nitrogens is 2. The molecule has 1 aromatic rings. The fourth-order valence-electron chi connectivity index (χ4n) is 2.78. The van der Waals surface area contributed by atoms with Crippen LogP contribution in [-0.2, 0) is 12.8 Å². The van der Waals surface area contributed by atoms with Gasteiger partial charge in [-0.25, -0.2) is 9.97 Å². The molecule has 2 heterocycles. The summed E-state index contributed by atoms with van der Waals surface area (Å²) >= 11 is 0. The number of nitrogens with zero attached hydrogens (tertiary/aromatic N) is 3. The Morgan fingerprint density at radius 1 is 1.22 bits per heavy atom. The van der Waals surface area contributed by atoms with E-state index in [2.05, 4.69) is 25.5 Å². The van der Waals surface area contributed by atoms with Crippen molar-refractivity contribution in [1.82, 2.24) is 20.2 Å².